The highest BCUT2D eigenvalue weighted by Crippen LogP contribution is 2.37. The summed E-state index contributed by atoms with van der Waals surface area (Å²) >= 11 is 8.13. The standard InChI is InChI=1S/C62H83ClN7O12PS/c1-43-59(84-42-66-43)45-14-12-44(13-15-45)39-65-60(74)54-38-50(72)41-70(54)61(75)51(62(2,3)4)37-49(71)18-24-78-26-28-80-30-32-82-33-31-81-29-27-79-25-19-58(73)69-22-20-68(21-23-69)48-17-16-46(55(36-48)77-5)35-57-64-40-52(63)53(67-57)34-47-10-8-9-11-56(47)83(6,7)76/h8-17,36,40,42,50-51,54,72H,18-35,37-39,41H2,1-7H3,(H,65,74)/t50-,51-,54+/m1/s1. The number of hydrogen-bond donors (Lipinski definition) is 2. The molecule has 22 heteroatoms. The molecule has 456 valence electrons. The largest absolute Gasteiger partial charge is 0.496 e. The lowest BCUT2D eigenvalue weighted by molar-refractivity contribution is -0.146. The fraction of sp³-hybridized carbons (Fsp3) is 0.532. The number of piperazine rings is 1. The van der Waals surface area contributed by atoms with Crippen molar-refractivity contribution in [3.8, 4) is 16.2 Å². The second-order valence-electron chi connectivity index (χ2n) is 22.6. The molecule has 84 heavy (non-hydrogen) atoms. The molecule has 0 radical (unpaired) electrons. The van der Waals surface area contributed by atoms with Crippen molar-refractivity contribution >= 4 is 64.6 Å². The Kier molecular flexibility index (Phi) is 25.2. The number of nitrogens with zero attached hydrogens (tertiary/aromatic N) is 6. The van der Waals surface area contributed by atoms with Crippen LogP contribution in [0.2, 0.25) is 5.02 Å². The van der Waals surface area contributed by atoms with Crippen LogP contribution in [-0.4, -0.2) is 185 Å². The molecule has 0 unspecified atom stereocenters. The second kappa shape index (κ2) is 32.2. The Balaban J connectivity index is 0.685. The third kappa shape index (κ3) is 19.7. The third-order valence-electron chi connectivity index (χ3n) is 15.0. The van der Waals surface area contributed by atoms with Gasteiger partial charge < -0.3 is 58.1 Å². The number of aryl methyl sites for hydroxylation is 1. The number of ketones is 1. The molecule has 2 aliphatic rings. The highest BCUT2D eigenvalue weighted by molar-refractivity contribution is 7.70. The number of methoxy groups -OCH3 is 1. The molecule has 19 nitrogen and oxygen atoms in total. The molecule has 0 aliphatic carbocycles. The number of Topliss-reactive ketones (excluding diaryl/α,β-unsaturated/α-hetero) is 1. The first kappa shape index (κ1) is 65.9. The van der Waals surface area contributed by atoms with Crippen molar-refractivity contribution < 1.29 is 57.3 Å². The van der Waals surface area contributed by atoms with E-state index in [9.17, 15) is 28.8 Å². The number of rotatable bonds is 32. The number of aromatic nitrogens is 3. The second-order valence-corrected chi connectivity index (χ2v) is 27.0. The molecule has 3 atom stereocenters. The molecule has 2 fully saturated rings. The normalized spacial score (nSPS) is 16.0. The third-order valence-corrected chi connectivity index (χ3v) is 17.8. The molecule has 2 aliphatic heterocycles. The molecule has 0 bridgehead atoms. The summed E-state index contributed by atoms with van der Waals surface area (Å²) in [5.41, 5.74) is 7.71. The van der Waals surface area contributed by atoms with Crippen molar-refractivity contribution in [3.05, 3.63) is 117 Å². The van der Waals surface area contributed by atoms with E-state index in [0.29, 0.717) is 115 Å². The van der Waals surface area contributed by atoms with Gasteiger partial charge in [-0.1, -0.05) is 87.0 Å². The van der Waals surface area contributed by atoms with Crippen molar-refractivity contribution in [1.82, 2.24) is 30.1 Å². The minimum Gasteiger partial charge on any atom is -0.496 e. The van der Waals surface area contributed by atoms with Gasteiger partial charge in [-0.15, -0.1) is 11.3 Å². The van der Waals surface area contributed by atoms with Gasteiger partial charge in [0, 0.05) is 106 Å². The van der Waals surface area contributed by atoms with Crippen molar-refractivity contribution in [2.75, 3.05) is 124 Å². The molecule has 2 saturated heterocycles. The van der Waals surface area contributed by atoms with Gasteiger partial charge in [0.25, 0.3) is 0 Å². The number of ether oxygens (including phenoxy) is 6. The fourth-order valence-electron chi connectivity index (χ4n) is 10.2. The smallest absolute Gasteiger partial charge is 0.243 e. The van der Waals surface area contributed by atoms with Crippen LogP contribution in [0.3, 0.4) is 0 Å². The van der Waals surface area contributed by atoms with Crippen molar-refractivity contribution in [2.45, 2.75) is 84.9 Å². The van der Waals surface area contributed by atoms with E-state index in [1.165, 1.54) is 4.90 Å². The number of anilines is 1. The lowest BCUT2D eigenvalue weighted by atomic mass is 9.76. The minimum atomic E-state index is -2.50. The van der Waals surface area contributed by atoms with Crippen LogP contribution in [0.25, 0.3) is 10.4 Å². The summed E-state index contributed by atoms with van der Waals surface area (Å²) < 4.78 is 47.0. The SMILES string of the molecule is COc1cc(N2CCN(C(=O)CCOCCOCCOCCOCCOCCC(=O)C[C@H](C(=O)N3C[C@H](O)C[C@H]3C(=O)NCc3ccc(-c4scnc4C)cc3)C(C)(C)C)CC2)ccc1Cc1ncc(Cl)c(Cc2ccccc2P(C)(C)=O)n1. The Morgan fingerprint density at radius 2 is 1.44 bits per heavy atom. The van der Waals surface area contributed by atoms with Gasteiger partial charge in [0.05, 0.1) is 113 Å². The van der Waals surface area contributed by atoms with Gasteiger partial charge in [-0.25, -0.2) is 15.0 Å². The van der Waals surface area contributed by atoms with Crippen LogP contribution in [0.5, 0.6) is 5.75 Å². The molecule has 7 rings (SSSR count). The summed E-state index contributed by atoms with van der Waals surface area (Å²) in [7, 11) is -0.853. The number of aliphatic hydroxyl groups is 1. The van der Waals surface area contributed by atoms with E-state index in [2.05, 4.69) is 26.3 Å². The van der Waals surface area contributed by atoms with Gasteiger partial charge in [0.15, 0.2) is 0 Å². The Morgan fingerprint density at radius 1 is 0.810 bits per heavy atom. The summed E-state index contributed by atoms with van der Waals surface area (Å²) in [5.74, 6) is -0.0895. The van der Waals surface area contributed by atoms with E-state index >= 15 is 0 Å². The number of amides is 3. The molecule has 2 N–H and O–H groups in total. The first-order valence-corrected chi connectivity index (χ1v) is 32.6. The first-order chi connectivity index (χ1) is 40.3. The predicted octanol–water partition coefficient (Wildman–Crippen LogP) is 7.41. The van der Waals surface area contributed by atoms with Crippen LogP contribution in [0, 0.1) is 18.3 Å². The molecular formula is C62H83ClN7O12PS. The van der Waals surface area contributed by atoms with E-state index < -0.39 is 30.6 Å². The van der Waals surface area contributed by atoms with E-state index in [4.69, 9.17) is 45.0 Å². The summed E-state index contributed by atoms with van der Waals surface area (Å²) in [5, 5.41) is 14.8. The number of benzene rings is 3. The van der Waals surface area contributed by atoms with Gasteiger partial charge in [-0.2, -0.15) is 0 Å². The van der Waals surface area contributed by atoms with Crippen LogP contribution in [0.4, 0.5) is 5.69 Å². The molecular weight excluding hydrogens is 1130 g/mol. The number of carbonyl (C=O) groups is 4. The van der Waals surface area contributed by atoms with E-state index in [0.717, 1.165) is 49.6 Å². The maximum Gasteiger partial charge on any atom is 0.243 e. The van der Waals surface area contributed by atoms with Crippen molar-refractivity contribution in [3.63, 3.8) is 0 Å². The quantitative estimate of drug-likeness (QED) is 0.0316. The predicted molar refractivity (Wildman–Crippen MR) is 326 cm³/mol. The Bertz CT molecular complexity index is 3000. The lowest BCUT2D eigenvalue weighted by Gasteiger charge is -2.36. The van der Waals surface area contributed by atoms with Gasteiger partial charge in [0.2, 0.25) is 17.7 Å². The molecule has 3 amide bonds. The van der Waals surface area contributed by atoms with E-state index in [1.54, 1.807) is 38.0 Å². The van der Waals surface area contributed by atoms with Gasteiger partial charge >= 0.3 is 0 Å². The zero-order valence-corrected chi connectivity index (χ0v) is 52.1. The minimum absolute atomic E-state index is 0.00277. The average molecular weight is 1220 g/mol. The fourth-order valence-corrected chi connectivity index (χ4v) is 12.5. The molecule has 3 aromatic carbocycles. The number of nitrogens with one attached hydrogen (secondary N) is 1. The molecule has 5 aromatic rings. The maximum atomic E-state index is 14.0. The van der Waals surface area contributed by atoms with Crippen LogP contribution < -0.4 is 20.3 Å². The zero-order valence-electron chi connectivity index (χ0n) is 49.6. The van der Waals surface area contributed by atoms with E-state index in [1.807, 2.05) is 98.8 Å². The van der Waals surface area contributed by atoms with Gasteiger partial charge in [0.1, 0.15) is 30.5 Å². The number of carbonyl (C=O) groups excluding carboxylic acids is 4. The Labute approximate surface area is 503 Å². The van der Waals surface area contributed by atoms with Crippen LogP contribution in [-0.2, 0) is 66.8 Å². The monoisotopic (exact) mass is 1220 g/mol. The number of hydrogen-bond acceptors (Lipinski definition) is 17. The topological polar surface area (TPSA) is 221 Å². The Hall–Kier alpha value is -5.67. The van der Waals surface area contributed by atoms with E-state index in [-0.39, 0.29) is 68.9 Å². The molecule has 2 aromatic heterocycles. The average Bonchev–Trinajstić information content (AvgIpc) is 4.29. The van der Waals surface area contributed by atoms with Gasteiger partial charge in [-0.05, 0) is 48.4 Å². The highest BCUT2D eigenvalue weighted by atomic mass is 35.5. The summed E-state index contributed by atoms with van der Waals surface area (Å²) in [6.07, 6.45) is 2.21. The molecule has 0 spiro atoms. The Morgan fingerprint density at radius 3 is 2.05 bits per heavy atom. The number of aliphatic hydroxyl groups excluding tert-OH is 1. The van der Waals surface area contributed by atoms with Gasteiger partial charge in [-0.3, -0.25) is 19.2 Å². The number of halogens is 1. The number of likely N-dealkylation sites (tertiary alicyclic amines) is 1. The van der Waals surface area contributed by atoms with Crippen LogP contribution in [0.1, 0.15) is 80.4 Å². The van der Waals surface area contributed by atoms with Crippen molar-refractivity contribution in [1.29, 1.82) is 0 Å². The maximum absolute atomic E-state index is 14.0. The van der Waals surface area contributed by atoms with Crippen LogP contribution in [0.15, 0.2) is 78.4 Å². The number of β-amino-alcohol motifs (C(OH)–C–C–N with tert-alkyl or cyclic N) is 1. The number of thiazole rings is 1. The summed E-state index contributed by atoms with van der Waals surface area (Å²) in [4.78, 5) is 74.0. The summed E-state index contributed by atoms with van der Waals surface area (Å²) in [6, 6.07) is 20.9. The summed E-state index contributed by atoms with van der Waals surface area (Å²) in [6.45, 7) is 17.4. The zero-order chi connectivity index (χ0) is 60.2. The molecule has 4 heterocycles. The van der Waals surface area contributed by atoms with Crippen molar-refractivity contribution in [2.24, 2.45) is 11.3 Å². The highest BCUT2D eigenvalue weighted by Gasteiger charge is 2.44. The van der Waals surface area contributed by atoms with Crippen LogP contribution >= 0.6 is 30.1 Å². The lowest BCUT2D eigenvalue weighted by Crippen LogP contribution is -2.50. The molecule has 0 saturated carbocycles. The first-order valence-electron chi connectivity index (χ1n) is 28.8.